The van der Waals surface area contributed by atoms with E-state index in [0.717, 1.165) is 93.9 Å². The maximum atomic E-state index is 13.6. The molecule has 4 amide bonds. The zero-order valence-corrected chi connectivity index (χ0v) is 33.9. The molecule has 8 heterocycles. The third-order valence-corrected chi connectivity index (χ3v) is 13.8. The van der Waals surface area contributed by atoms with E-state index in [2.05, 4.69) is 36.4 Å². The molecule has 1 aromatic carbocycles. The molecule has 4 saturated heterocycles. The molecule has 3 aromatic heterocycles. The van der Waals surface area contributed by atoms with Crippen LogP contribution in [0.15, 0.2) is 47.5 Å². The summed E-state index contributed by atoms with van der Waals surface area (Å²) in [4.78, 5) is 99.3. The Morgan fingerprint density at radius 2 is 1.62 bits per heavy atom. The minimum atomic E-state index is -0.972. The van der Waals surface area contributed by atoms with Crippen molar-refractivity contribution >= 4 is 63.6 Å². The van der Waals surface area contributed by atoms with Crippen LogP contribution >= 0.6 is 0 Å². The number of carbonyl (C=O) groups is 5. The van der Waals surface area contributed by atoms with Gasteiger partial charge in [0.05, 0.1) is 28.6 Å². The zero-order chi connectivity index (χ0) is 41.4. The molecule has 10 rings (SSSR count). The molecule has 16 heteroatoms. The number of aryl methyl sites for hydroxylation is 1. The second-order valence-electron chi connectivity index (χ2n) is 17.4. The van der Waals surface area contributed by atoms with Crippen LogP contribution in [0.3, 0.4) is 0 Å². The Morgan fingerprint density at radius 1 is 0.850 bits per heavy atom. The van der Waals surface area contributed by atoms with Crippen molar-refractivity contribution in [1.82, 2.24) is 34.6 Å². The van der Waals surface area contributed by atoms with Crippen molar-refractivity contribution in [1.29, 1.82) is 0 Å². The third-order valence-electron chi connectivity index (χ3n) is 13.8. The lowest BCUT2D eigenvalue weighted by atomic mass is 9.95. The molecule has 0 radical (unpaired) electrons. The van der Waals surface area contributed by atoms with Crippen LogP contribution in [0, 0.1) is 12.8 Å². The molecule has 6 aliphatic rings. The van der Waals surface area contributed by atoms with Gasteiger partial charge in [-0.25, -0.2) is 9.97 Å². The van der Waals surface area contributed by atoms with Crippen LogP contribution < -0.4 is 26.0 Å². The number of aromatic nitrogens is 4. The van der Waals surface area contributed by atoms with Crippen molar-refractivity contribution in [2.45, 2.75) is 95.8 Å². The van der Waals surface area contributed by atoms with Crippen molar-refractivity contribution in [2.24, 2.45) is 5.92 Å². The van der Waals surface area contributed by atoms with E-state index in [1.165, 1.54) is 6.92 Å². The quantitative estimate of drug-likeness (QED) is 0.182. The van der Waals surface area contributed by atoms with Crippen molar-refractivity contribution < 1.29 is 24.0 Å². The average molecular weight is 813 g/mol. The molecule has 1 saturated carbocycles. The summed E-state index contributed by atoms with van der Waals surface area (Å²) in [6.45, 7) is 7.98. The minimum absolute atomic E-state index is 0.00743. The number of carbonyl (C=O) groups excluding carboxylic acids is 5. The van der Waals surface area contributed by atoms with Gasteiger partial charge in [-0.3, -0.25) is 48.5 Å². The van der Waals surface area contributed by atoms with Gasteiger partial charge in [0.25, 0.3) is 17.4 Å². The van der Waals surface area contributed by atoms with E-state index in [-0.39, 0.29) is 41.7 Å². The van der Waals surface area contributed by atoms with Gasteiger partial charge in [0.1, 0.15) is 17.5 Å². The lowest BCUT2D eigenvalue weighted by Gasteiger charge is -2.39. The molecule has 310 valence electrons. The van der Waals surface area contributed by atoms with Gasteiger partial charge in [0.15, 0.2) is 5.78 Å². The van der Waals surface area contributed by atoms with E-state index in [4.69, 9.17) is 9.97 Å². The average Bonchev–Trinajstić information content (AvgIpc) is 4.05. The van der Waals surface area contributed by atoms with Gasteiger partial charge < -0.3 is 15.1 Å². The molecular weight excluding hydrogens is 765 g/mol. The number of Topliss-reactive ketones (excluding diaryl/α,β-unsaturated/α-hetero) is 1. The van der Waals surface area contributed by atoms with Crippen molar-refractivity contribution in [3.05, 3.63) is 75.3 Å². The normalized spacial score (nSPS) is 23.6. The van der Waals surface area contributed by atoms with Gasteiger partial charge in [-0.15, -0.1) is 0 Å². The van der Waals surface area contributed by atoms with E-state index in [1.807, 2.05) is 18.3 Å². The van der Waals surface area contributed by atoms with Crippen LogP contribution in [0.5, 0.6) is 0 Å². The number of piperazine rings is 1. The lowest BCUT2D eigenvalue weighted by Crippen LogP contribution is -2.54. The number of likely N-dealkylation sites (tertiary alicyclic amines) is 1. The summed E-state index contributed by atoms with van der Waals surface area (Å²) >= 11 is 0. The highest BCUT2D eigenvalue weighted by Crippen LogP contribution is 2.39. The maximum Gasteiger partial charge on any atom is 0.263 e. The van der Waals surface area contributed by atoms with E-state index >= 15 is 0 Å². The molecule has 0 spiro atoms. The summed E-state index contributed by atoms with van der Waals surface area (Å²) in [5, 5.41) is 6.19. The van der Waals surface area contributed by atoms with E-state index in [9.17, 15) is 28.8 Å². The van der Waals surface area contributed by atoms with E-state index in [0.29, 0.717) is 57.5 Å². The number of fused-ring (bicyclic) bond motifs is 4. The van der Waals surface area contributed by atoms with Gasteiger partial charge in [-0.1, -0.05) is 12.8 Å². The van der Waals surface area contributed by atoms with Crippen LogP contribution in [0.1, 0.15) is 107 Å². The predicted molar refractivity (Wildman–Crippen MR) is 223 cm³/mol. The first-order valence-corrected chi connectivity index (χ1v) is 21.3. The smallest absolute Gasteiger partial charge is 0.263 e. The van der Waals surface area contributed by atoms with Gasteiger partial charge in [-0.05, 0) is 94.2 Å². The van der Waals surface area contributed by atoms with Crippen LogP contribution in [0.4, 0.5) is 23.1 Å². The Morgan fingerprint density at radius 3 is 2.32 bits per heavy atom. The second-order valence-corrected chi connectivity index (χ2v) is 17.4. The Kier molecular flexibility index (Phi) is 9.49. The molecular formula is C44H48N10O6. The fourth-order valence-electron chi connectivity index (χ4n) is 10.7. The van der Waals surface area contributed by atoms with Crippen LogP contribution in [-0.4, -0.2) is 110 Å². The summed E-state index contributed by atoms with van der Waals surface area (Å²) in [5.74, 6) is -0.652. The number of benzene rings is 1. The molecule has 5 fully saturated rings. The fourth-order valence-corrected chi connectivity index (χ4v) is 10.7. The molecule has 3 atom stereocenters. The number of rotatable bonds is 9. The Balaban J connectivity index is 0.738. The molecule has 1 aliphatic carbocycles. The van der Waals surface area contributed by atoms with Crippen molar-refractivity contribution in [2.75, 3.05) is 47.8 Å². The van der Waals surface area contributed by atoms with E-state index in [1.54, 1.807) is 29.8 Å². The summed E-state index contributed by atoms with van der Waals surface area (Å²) < 4.78 is 1.72. The first-order chi connectivity index (χ1) is 29.0. The van der Waals surface area contributed by atoms with Crippen LogP contribution in [0.25, 0.3) is 11.0 Å². The van der Waals surface area contributed by atoms with Gasteiger partial charge in [-0.2, -0.15) is 4.98 Å². The van der Waals surface area contributed by atoms with Crippen LogP contribution in [0.2, 0.25) is 0 Å². The summed E-state index contributed by atoms with van der Waals surface area (Å²) in [6, 6.07) is 9.20. The van der Waals surface area contributed by atoms with E-state index < -0.39 is 23.8 Å². The maximum absolute atomic E-state index is 13.6. The fraction of sp³-hybridized carbons (Fsp3) is 0.477. The minimum Gasteiger partial charge on any atom is -0.370 e. The third kappa shape index (κ3) is 6.51. The molecule has 3 unspecified atom stereocenters. The number of amides is 4. The standard InChI is InChI=1S/C44H48N10O6/c1-24-34-20-46-44(49-39(34)53(27-5-3-4-6-27)43(60)38(24)25(2)55)47-36-11-8-29(19-45-36)50-15-13-26(14-16-50)21-51-22-31-17-30(51)23-52(31)28-7-9-32-33(18-28)42(59)54(41(32)58)35-10-12-37(56)48-40(35)57/h7-9,11,18-20,26-27,30-31,35H,3-6,10,12-17,21-23H2,1-2H3,(H,48,56,57)(H,45,46,47,49). The number of piperidine rings is 2. The zero-order valence-electron chi connectivity index (χ0n) is 33.9. The molecule has 4 aromatic rings. The number of ketones is 1. The predicted octanol–water partition coefficient (Wildman–Crippen LogP) is 4.14. The molecule has 60 heavy (non-hydrogen) atoms. The molecule has 2 N–H and O–H groups in total. The Bertz CT molecular complexity index is 2530. The number of pyridine rings is 2. The monoisotopic (exact) mass is 812 g/mol. The van der Waals surface area contributed by atoms with Gasteiger partial charge >= 0.3 is 0 Å². The summed E-state index contributed by atoms with van der Waals surface area (Å²) in [5.41, 5.74) is 3.71. The molecule has 16 nitrogen and oxygen atoms in total. The number of anilines is 4. The number of nitrogens with zero attached hydrogens (tertiary/aromatic N) is 8. The first kappa shape index (κ1) is 38.2. The van der Waals surface area contributed by atoms with Gasteiger partial charge in [0, 0.05) is 74.5 Å². The number of hydrogen-bond donors (Lipinski definition) is 2. The summed E-state index contributed by atoms with van der Waals surface area (Å²) in [7, 11) is 0. The van der Waals surface area contributed by atoms with Crippen LogP contribution in [-0.2, 0) is 9.59 Å². The van der Waals surface area contributed by atoms with Crippen molar-refractivity contribution in [3.63, 3.8) is 0 Å². The SMILES string of the molecule is CC(=O)c1c(C)c2cnc(Nc3ccc(N4CCC(CN5CC6CC5CN6c5ccc6c(c5)C(=O)N(C5CCC(=O)NC5=O)C6=O)CC4)cn3)nc2n(C2CCCC2)c1=O. The van der Waals surface area contributed by atoms with Gasteiger partial charge in [0.2, 0.25) is 17.8 Å². The number of imide groups is 2. The molecule has 5 aliphatic heterocycles. The Labute approximate surface area is 346 Å². The lowest BCUT2D eigenvalue weighted by molar-refractivity contribution is -0.136. The summed E-state index contributed by atoms with van der Waals surface area (Å²) in [6.07, 6.45) is 10.9. The first-order valence-electron chi connectivity index (χ1n) is 21.3. The number of hydrogen-bond acceptors (Lipinski definition) is 13. The largest absolute Gasteiger partial charge is 0.370 e. The second kappa shape index (κ2) is 14.9. The molecule has 2 bridgehead atoms. The highest BCUT2D eigenvalue weighted by Gasteiger charge is 2.47. The number of nitrogens with one attached hydrogen (secondary N) is 2. The highest BCUT2D eigenvalue weighted by atomic mass is 16.2. The Hall–Kier alpha value is -6.03. The topological polar surface area (TPSA) is 183 Å². The highest BCUT2D eigenvalue weighted by molar-refractivity contribution is 6.23. The van der Waals surface area contributed by atoms with Crippen molar-refractivity contribution in [3.8, 4) is 0 Å².